The zero-order valence-corrected chi connectivity index (χ0v) is 16.2. The van der Waals surface area contributed by atoms with Gasteiger partial charge < -0.3 is 15.0 Å². The summed E-state index contributed by atoms with van der Waals surface area (Å²) in [6.45, 7) is 5.93. The van der Waals surface area contributed by atoms with Crippen molar-refractivity contribution in [1.29, 1.82) is 0 Å². The molecule has 2 heterocycles. The molecule has 2 saturated heterocycles. The SMILES string of the molecule is Cl.Cl.O=C(CNc1ccccc1)N1CCCN(C2CCOCC2)CC1. The van der Waals surface area contributed by atoms with E-state index in [4.69, 9.17) is 4.74 Å². The average Bonchev–Trinajstić information content (AvgIpc) is 2.87. The molecule has 2 fully saturated rings. The van der Waals surface area contributed by atoms with Gasteiger partial charge in [0.05, 0.1) is 6.54 Å². The van der Waals surface area contributed by atoms with Crippen molar-refractivity contribution in [3.8, 4) is 0 Å². The fourth-order valence-electron chi connectivity index (χ4n) is 3.45. The first kappa shape index (κ1) is 22.0. The Bertz CT molecular complexity index is 498. The van der Waals surface area contributed by atoms with Gasteiger partial charge in [0.2, 0.25) is 5.91 Å². The first-order valence-corrected chi connectivity index (χ1v) is 8.71. The van der Waals surface area contributed by atoms with E-state index in [2.05, 4.69) is 10.2 Å². The Morgan fingerprint density at radius 1 is 1.04 bits per heavy atom. The number of anilines is 1. The van der Waals surface area contributed by atoms with Gasteiger partial charge in [0.25, 0.3) is 0 Å². The van der Waals surface area contributed by atoms with Gasteiger partial charge in [0.15, 0.2) is 0 Å². The van der Waals surface area contributed by atoms with Crippen LogP contribution in [0.15, 0.2) is 30.3 Å². The summed E-state index contributed by atoms with van der Waals surface area (Å²) in [7, 11) is 0. The summed E-state index contributed by atoms with van der Waals surface area (Å²) in [5.41, 5.74) is 1.000. The Hall–Kier alpha value is -1.01. The molecular weight excluding hydrogens is 361 g/mol. The zero-order valence-electron chi connectivity index (χ0n) is 14.6. The van der Waals surface area contributed by atoms with E-state index >= 15 is 0 Å². The molecule has 0 bridgehead atoms. The van der Waals surface area contributed by atoms with Gasteiger partial charge in [-0.3, -0.25) is 9.69 Å². The van der Waals surface area contributed by atoms with Crippen LogP contribution in [-0.2, 0) is 9.53 Å². The highest BCUT2D eigenvalue weighted by molar-refractivity contribution is 5.85. The first-order valence-electron chi connectivity index (χ1n) is 8.71. The molecular formula is C18H29Cl2N3O2. The first-order chi connectivity index (χ1) is 11.3. The lowest BCUT2D eigenvalue weighted by molar-refractivity contribution is -0.129. The van der Waals surface area contributed by atoms with Crippen LogP contribution < -0.4 is 5.32 Å². The molecule has 0 aliphatic carbocycles. The number of para-hydroxylation sites is 1. The maximum absolute atomic E-state index is 12.4. The molecule has 25 heavy (non-hydrogen) atoms. The molecule has 3 rings (SSSR count). The van der Waals surface area contributed by atoms with Gasteiger partial charge in [-0.25, -0.2) is 0 Å². The number of rotatable bonds is 4. The van der Waals surface area contributed by atoms with Gasteiger partial charge in [-0.2, -0.15) is 0 Å². The second-order valence-electron chi connectivity index (χ2n) is 6.33. The summed E-state index contributed by atoms with van der Waals surface area (Å²) in [5.74, 6) is 0.197. The molecule has 0 saturated carbocycles. The summed E-state index contributed by atoms with van der Waals surface area (Å²) in [5, 5.41) is 3.22. The van der Waals surface area contributed by atoms with E-state index in [0.29, 0.717) is 12.6 Å². The molecule has 0 aromatic heterocycles. The van der Waals surface area contributed by atoms with E-state index in [1.165, 1.54) is 0 Å². The van der Waals surface area contributed by atoms with Crippen molar-refractivity contribution in [3.63, 3.8) is 0 Å². The van der Waals surface area contributed by atoms with Gasteiger partial charge >= 0.3 is 0 Å². The van der Waals surface area contributed by atoms with Crippen LogP contribution in [0.3, 0.4) is 0 Å². The van der Waals surface area contributed by atoms with Gasteiger partial charge in [0.1, 0.15) is 0 Å². The van der Waals surface area contributed by atoms with Crippen molar-refractivity contribution >= 4 is 36.4 Å². The number of amides is 1. The molecule has 0 atom stereocenters. The minimum Gasteiger partial charge on any atom is -0.381 e. The quantitative estimate of drug-likeness (QED) is 0.859. The van der Waals surface area contributed by atoms with Crippen molar-refractivity contribution in [1.82, 2.24) is 9.80 Å². The van der Waals surface area contributed by atoms with Crippen LogP contribution in [0.1, 0.15) is 19.3 Å². The lowest BCUT2D eigenvalue weighted by Gasteiger charge is -2.33. The fourth-order valence-corrected chi connectivity index (χ4v) is 3.45. The highest BCUT2D eigenvalue weighted by Crippen LogP contribution is 2.16. The Labute approximate surface area is 162 Å². The number of benzene rings is 1. The summed E-state index contributed by atoms with van der Waals surface area (Å²) in [6.07, 6.45) is 3.32. The van der Waals surface area contributed by atoms with Crippen LogP contribution in [0.25, 0.3) is 0 Å². The lowest BCUT2D eigenvalue weighted by Crippen LogP contribution is -2.42. The van der Waals surface area contributed by atoms with Gasteiger partial charge in [-0.15, -0.1) is 24.8 Å². The van der Waals surface area contributed by atoms with Crippen LogP contribution in [0.2, 0.25) is 0 Å². The Morgan fingerprint density at radius 2 is 1.76 bits per heavy atom. The van der Waals surface area contributed by atoms with E-state index in [9.17, 15) is 4.79 Å². The smallest absolute Gasteiger partial charge is 0.241 e. The van der Waals surface area contributed by atoms with Crippen LogP contribution in [0.4, 0.5) is 5.69 Å². The van der Waals surface area contributed by atoms with Gasteiger partial charge in [-0.1, -0.05) is 18.2 Å². The predicted octanol–water partition coefficient (Wildman–Crippen LogP) is 2.66. The predicted molar refractivity (Wildman–Crippen MR) is 106 cm³/mol. The third kappa shape index (κ3) is 6.66. The lowest BCUT2D eigenvalue weighted by atomic mass is 10.1. The number of ether oxygens (including phenoxy) is 1. The summed E-state index contributed by atoms with van der Waals surface area (Å²) >= 11 is 0. The van der Waals surface area contributed by atoms with Crippen molar-refractivity contribution in [2.24, 2.45) is 0 Å². The van der Waals surface area contributed by atoms with Gasteiger partial charge in [-0.05, 0) is 31.4 Å². The molecule has 0 radical (unpaired) electrons. The molecule has 0 unspecified atom stereocenters. The molecule has 1 aromatic carbocycles. The summed E-state index contributed by atoms with van der Waals surface area (Å²) in [6, 6.07) is 10.5. The van der Waals surface area contributed by atoms with Crippen molar-refractivity contribution in [2.75, 3.05) is 51.3 Å². The van der Waals surface area contributed by atoms with Crippen LogP contribution in [0, 0.1) is 0 Å². The number of hydrogen-bond donors (Lipinski definition) is 1. The monoisotopic (exact) mass is 389 g/mol. The number of nitrogens with zero attached hydrogens (tertiary/aromatic N) is 2. The third-order valence-corrected chi connectivity index (χ3v) is 4.81. The number of halogens is 2. The summed E-state index contributed by atoms with van der Waals surface area (Å²) in [4.78, 5) is 17.0. The molecule has 2 aliphatic heterocycles. The topological polar surface area (TPSA) is 44.8 Å². The molecule has 1 amide bonds. The van der Waals surface area contributed by atoms with E-state index in [1.807, 2.05) is 35.2 Å². The zero-order chi connectivity index (χ0) is 15.9. The number of nitrogens with one attached hydrogen (secondary N) is 1. The Balaban J connectivity index is 0.00000156. The van der Waals surface area contributed by atoms with Crippen LogP contribution in [-0.4, -0.2) is 67.7 Å². The molecule has 1 N–H and O–H groups in total. The highest BCUT2D eigenvalue weighted by atomic mass is 35.5. The van der Waals surface area contributed by atoms with E-state index in [0.717, 1.165) is 64.3 Å². The van der Waals surface area contributed by atoms with E-state index < -0.39 is 0 Å². The standard InChI is InChI=1S/C18H27N3O2.2ClH/c22-18(15-19-16-5-2-1-3-6-16)21-10-4-9-20(11-12-21)17-7-13-23-14-8-17;;/h1-3,5-6,17,19H,4,7-15H2;2*1H. The maximum atomic E-state index is 12.4. The van der Waals surface area contributed by atoms with Gasteiger partial charge in [0, 0.05) is 51.1 Å². The molecule has 1 aromatic rings. The van der Waals surface area contributed by atoms with Crippen molar-refractivity contribution in [2.45, 2.75) is 25.3 Å². The van der Waals surface area contributed by atoms with E-state index in [1.54, 1.807) is 0 Å². The molecule has 0 spiro atoms. The second-order valence-corrected chi connectivity index (χ2v) is 6.33. The average molecular weight is 390 g/mol. The maximum Gasteiger partial charge on any atom is 0.241 e. The minimum atomic E-state index is 0. The number of carbonyl (C=O) groups excluding carboxylic acids is 1. The molecule has 2 aliphatic rings. The summed E-state index contributed by atoms with van der Waals surface area (Å²) < 4.78 is 5.46. The molecule has 7 heteroatoms. The second kappa shape index (κ2) is 11.6. The Morgan fingerprint density at radius 3 is 2.48 bits per heavy atom. The normalized spacial score (nSPS) is 19.3. The minimum absolute atomic E-state index is 0. The van der Waals surface area contributed by atoms with E-state index in [-0.39, 0.29) is 30.7 Å². The Kier molecular flexibility index (Phi) is 10.2. The number of carbonyl (C=O) groups is 1. The third-order valence-electron chi connectivity index (χ3n) is 4.81. The molecule has 5 nitrogen and oxygen atoms in total. The van der Waals surface area contributed by atoms with Crippen LogP contribution in [0.5, 0.6) is 0 Å². The van der Waals surface area contributed by atoms with Crippen LogP contribution >= 0.6 is 24.8 Å². The largest absolute Gasteiger partial charge is 0.381 e. The van der Waals surface area contributed by atoms with Crippen molar-refractivity contribution < 1.29 is 9.53 Å². The number of hydrogen-bond acceptors (Lipinski definition) is 4. The fraction of sp³-hybridized carbons (Fsp3) is 0.611. The van der Waals surface area contributed by atoms with Crippen molar-refractivity contribution in [3.05, 3.63) is 30.3 Å². The molecule has 142 valence electrons. The highest BCUT2D eigenvalue weighted by Gasteiger charge is 2.25.